The van der Waals surface area contributed by atoms with E-state index in [1.54, 1.807) is 0 Å². The van der Waals surface area contributed by atoms with Crippen LogP contribution in [0.25, 0.3) is 0 Å². The summed E-state index contributed by atoms with van der Waals surface area (Å²) in [4.78, 5) is 0. The lowest BCUT2D eigenvalue weighted by Gasteiger charge is -2.44. The average Bonchev–Trinajstić information content (AvgIpc) is 2.76. The molecule has 2 heterocycles. The maximum atomic E-state index is 5.89. The molecule has 0 aromatic heterocycles. The molecular formula is C16H23NO. The number of hydrogen-bond donors (Lipinski definition) is 1. The summed E-state index contributed by atoms with van der Waals surface area (Å²) < 4.78 is 5.89. The fraction of sp³-hybridized carbons (Fsp3) is 0.625. The maximum Gasteiger partial charge on any atom is 0.0607 e. The molecule has 0 saturated carbocycles. The Morgan fingerprint density at radius 2 is 2.11 bits per heavy atom. The van der Waals surface area contributed by atoms with Crippen LogP contribution >= 0.6 is 0 Å². The van der Waals surface area contributed by atoms with E-state index in [1.807, 2.05) is 0 Å². The first-order valence-electron chi connectivity index (χ1n) is 7.17. The van der Waals surface area contributed by atoms with E-state index in [0.717, 1.165) is 19.7 Å². The van der Waals surface area contributed by atoms with Crippen molar-refractivity contribution >= 4 is 0 Å². The quantitative estimate of drug-likeness (QED) is 0.865. The molecule has 1 spiro atoms. The van der Waals surface area contributed by atoms with E-state index >= 15 is 0 Å². The van der Waals surface area contributed by atoms with E-state index in [2.05, 4.69) is 42.6 Å². The minimum Gasteiger partial charge on any atom is -0.378 e. The highest BCUT2D eigenvalue weighted by Crippen LogP contribution is 2.47. The molecule has 98 valence electrons. The Hall–Kier alpha value is -0.860. The standard InChI is InChI=1S/C16H23NO/c1-13-16(8-10-18-13)7-9-17-12-15(16)11-14-5-3-2-4-6-14/h2-6,13,15,17H,7-12H2,1H3. The van der Waals surface area contributed by atoms with Crippen LogP contribution in [0.15, 0.2) is 30.3 Å². The molecule has 3 rings (SSSR count). The zero-order valence-electron chi connectivity index (χ0n) is 11.2. The summed E-state index contributed by atoms with van der Waals surface area (Å²) in [5.41, 5.74) is 1.88. The molecule has 0 amide bonds. The highest BCUT2D eigenvalue weighted by molar-refractivity contribution is 5.17. The minimum atomic E-state index is 0.418. The lowest BCUT2D eigenvalue weighted by atomic mass is 9.65. The van der Waals surface area contributed by atoms with Crippen molar-refractivity contribution in [2.24, 2.45) is 11.3 Å². The molecule has 0 bridgehead atoms. The molecule has 0 radical (unpaired) electrons. The van der Waals surface area contributed by atoms with E-state index in [0.29, 0.717) is 17.4 Å². The van der Waals surface area contributed by atoms with Crippen LogP contribution in [0.2, 0.25) is 0 Å². The summed E-state index contributed by atoms with van der Waals surface area (Å²) in [7, 11) is 0. The third-order valence-electron chi connectivity index (χ3n) is 5.04. The second-order valence-electron chi connectivity index (χ2n) is 5.84. The first-order chi connectivity index (χ1) is 8.81. The smallest absolute Gasteiger partial charge is 0.0607 e. The molecular weight excluding hydrogens is 222 g/mol. The van der Waals surface area contributed by atoms with Crippen molar-refractivity contribution in [3.63, 3.8) is 0 Å². The van der Waals surface area contributed by atoms with Crippen LogP contribution in [-0.4, -0.2) is 25.8 Å². The molecule has 2 fully saturated rings. The van der Waals surface area contributed by atoms with E-state index in [9.17, 15) is 0 Å². The monoisotopic (exact) mass is 245 g/mol. The lowest BCUT2D eigenvalue weighted by molar-refractivity contribution is 0.00899. The van der Waals surface area contributed by atoms with Crippen molar-refractivity contribution in [1.82, 2.24) is 5.32 Å². The molecule has 3 unspecified atom stereocenters. The number of benzene rings is 1. The number of ether oxygens (including phenoxy) is 1. The van der Waals surface area contributed by atoms with Gasteiger partial charge >= 0.3 is 0 Å². The molecule has 2 nitrogen and oxygen atoms in total. The summed E-state index contributed by atoms with van der Waals surface area (Å²) in [5, 5.41) is 3.57. The van der Waals surface area contributed by atoms with Crippen molar-refractivity contribution in [2.45, 2.75) is 32.3 Å². The molecule has 0 aliphatic carbocycles. The van der Waals surface area contributed by atoms with Gasteiger partial charge in [-0.3, -0.25) is 0 Å². The van der Waals surface area contributed by atoms with Crippen LogP contribution in [0.4, 0.5) is 0 Å². The second-order valence-corrected chi connectivity index (χ2v) is 5.84. The molecule has 1 N–H and O–H groups in total. The third kappa shape index (κ3) is 2.08. The molecule has 1 aromatic carbocycles. The fourth-order valence-electron chi connectivity index (χ4n) is 3.84. The van der Waals surface area contributed by atoms with E-state index in [-0.39, 0.29) is 0 Å². The van der Waals surface area contributed by atoms with Gasteiger partial charge in [-0.2, -0.15) is 0 Å². The molecule has 2 aliphatic heterocycles. The van der Waals surface area contributed by atoms with Gasteiger partial charge in [0.05, 0.1) is 6.10 Å². The van der Waals surface area contributed by atoms with Crippen molar-refractivity contribution < 1.29 is 4.74 Å². The van der Waals surface area contributed by atoms with Crippen LogP contribution in [0.5, 0.6) is 0 Å². The largest absolute Gasteiger partial charge is 0.378 e. The van der Waals surface area contributed by atoms with E-state index in [1.165, 1.54) is 24.8 Å². The van der Waals surface area contributed by atoms with Gasteiger partial charge in [0.25, 0.3) is 0 Å². The number of piperidine rings is 1. The maximum absolute atomic E-state index is 5.89. The van der Waals surface area contributed by atoms with E-state index < -0.39 is 0 Å². The fourth-order valence-corrected chi connectivity index (χ4v) is 3.84. The van der Waals surface area contributed by atoms with Crippen molar-refractivity contribution in [3.8, 4) is 0 Å². The topological polar surface area (TPSA) is 21.3 Å². The first-order valence-corrected chi connectivity index (χ1v) is 7.17. The van der Waals surface area contributed by atoms with Gasteiger partial charge in [0.15, 0.2) is 0 Å². The number of hydrogen-bond acceptors (Lipinski definition) is 2. The molecule has 2 heteroatoms. The van der Waals surface area contributed by atoms with Gasteiger partial charge in [-0.05, 0) is 50.8 Å². The Balaban J connectivity index is 1.80. The van der Waals surface area contributed by atoms with Gasteiger partial charge in [0.2, 0.25) is 0 Å². The summed E-state index contributed by atoms with van der Waals surface area (Å²) in [6.45, 7) is 5.52. The highest BCUT2D eigenvalue weighted by Gasteiger charge is 2.48. The minimum absolute atomic E-state index is 0.418. The van der Waals surface area contributed by atoms with Gasteiger partial charge in [0, 0.05) is 12.0 Å². The van der Waals surface area contributed by atoms with Crippen LogP contribution in [0.1, 0.15) is 25.3 Å². The Labute approximate surface area is 110 Å². The SMILES string of the molecule is CC1OCCC12CCNCC2Cc1ccccc1. The number of nitrogens with one attached hydrogen (secondary N) is 1. The molecule has 2 aliphatic rings. The highest BCUT2D eigenvalue weighted by atomic mass is 16.5. The van der Waals surface area contributed by atoms with Gasteiger partial charge in [0.1, 0.15) is 0 Å². The molecule has 18 heavy (non-hydrogen) atoms. The van der Waals surface area contributed by atoms with Crippen LogP contribution in [0.3, 0.4) is 0 Å². The summed E-state index contributed by atoms with van der Waals surface area (Å²) in [5.74, 6) is 0.714. The van der Waals surface area contributed by atoms with Crippen molar-refractivity contribution in [3.05, 3.63) is 35.9 Å². The Morgan fingerprint density at radius 1 is 1.28 bits per heavy atom. The molecule has 2 saturated heterocycles. The number of rotatable bonds is 2. The third-order valence-corrected chi connectivity index (χ3v) is 5.04. The average molecular weight is 245 g/mol. The van der Waals surface area contributed by atoms with Crippen LogP contribution in [0, 0.1) is 11.3 Å². The Morgan fingerprint density at radius 3 is 2.83 bits per heavy atom. The summed E-state index contributed by atoms with van der Waals surface area (Å²) in [6, 6.07) is 10.9. The second kappa shape index (κ2) is 5.02. The Kier molecular flexibility index (Phi) is 3.40. The van der Waals surface area contributed by atoms with Gasteiger partial charge < -0.3 is 10.1 Å². The van der Waals surface area contributed by atoms with Gasteiger partial charge in [-0.25, -0.2) is 0 Å². The summed E-state index contributed by atoms with van der Waals surface area (Å²) in [6.07, 6.45) is 4.12. The lowest BCUT2D eigenvalue weighted by Crippen LogP contribution is -2.49. The molecule has 3 atom stereocenters. The van der Waals surface area contributed by atoms with Crippen molar-refractivity contribution in [2.75, 3.05) is 19.7 Å². The zero-order valence-corrected chi connectivity index (χ0v) is 11.2. The normalized spacial score (nSPS) is 36.1. The first kappa shape index (κ1) is 12.2. The van der Waals surface area contributed by atoms with E-state index in [4.69, 9.17) is 4.74 Å². The predicted octanol–water partition coefficient (Wildman–Crippen LogP) is 2.63. The molecule has 1 aromatic rings. The predicted molar refractivity (Wildman–Crippen MR) is 73.6 cm³/mol. The Bertz CT molecular complexity index is 391. The van der Waals surface area contributed by atoms with Crippen LogP contribution < -0.4 is 5.32 Å². The zero-order chi connectivity index (χ0) is 12.4. The summed E-state index contributed by atoms with van der Waals surface area (Å²) >= 11 is 0. The van der Waals surface area contributed by atoms with Crippen LogP contribution in [-0.2, 0) is 11.2 Å². The van der Waals surface area contributed by atoms with Crippen molar-refractivity contribution in [1.29, 1.82) is 0 Å². The van der Waals surface area contributed by atoms with Gasteiger partial charge in [-0.1, -0.05) is 30.3 Å². The van der Waals surface area contributed by atoms with Gasteiger partial charge in [-0.15, -0.1) is 0 Å².